The highest BCUT2D eigenvalue weighted by atomic mass is 16.5. The normalized spacial score (nSPS) is 19.6. The summed E-state index contributed by atoms with van der Waals surface area (Å²) in [7, 11) is 5.14. The van der Waals surface area contributed by atoms with Crippen molar-refractivity contribution in [3.8, 4) is 11.5 Å². The van der Waals surface area contributed by atoms with E-state index in [0.29, 0.717) is 37.8 Å². The number of likely N-dealkylation sites (N-methyl/N-ethyl adjacent to an activating group) is 1. The molecule has 9 nitrogen and oxygen atoms in total. The zero-order valence-corrected chi connectivity index (χ0v) is 17.8. The van der Waals surface area contributed by atoms with Gasteiger partial charge in [0.05, 0.1) is 39.0 Å². The molecule has 9 heteroatoms. The van der Waals surface area contributed by atoms with E-state index in [2.05, 4.69) is 14.9 Å². The van der Waals surface area contributed by atoms with Crippen LogP contribution in [0.25, 0.3) is 10.9 Å². The molecule has 1 atom stereocenters. The van der Waals surface area contributed by atoms with Gasteiger partial charge < -0.3 is 28.9 Å². The summed E-state index contributed by atoms with van der Waals surface area (Å²) in [6, 6.07) is 3.99. The molecule has 3 heterocycles. The van der Waals surface area contributed by atoms with Gasteiger partial charge in [-0.15, -0.1) is 0 Å². The number of aromatic nitrogens is 2. The van der Waals surface area contributed by atoms with E-state index in [-0.39, 0.29) is 12.1 Å². The second-order valence-electron chi connectivity index (χ2n) is 7.66. The van der Waals surface area contributed by atoms with Gasteiger partial charge in [0.2, 0.25) is 0 Å². The Labute approximate surface area is 176 Å². The number of hydrogen-bond donors (Lipinski definition) is 0. The van der Waals surface area contributed by atoms with Crippen molar-refractivity contribution in [3.05, 3.63) is 18.5 Å². The van der Waals surface area contributed by atoms with Crippen molar-refractivity contribution in [1.29, 1.82) is 0 Å². The van der Waals surface area contributed by atoms with E-state index in [4.69, 9.17) is 14.2 Å². The maximum atomic E-state index is 12.9. The third-order valence-electron chi connectivity index (χ3n) is 5.95. The van der Waals surface area contributed by atoms with Gasteiger partial charge in [0.25, 0.3) is 0 Å². The lowest BCUT2D eigenvalue weighted by Gasteiger charge is -2.40. The molecule has 2 aromatic rings. The van der Waals surface area contributed by atoms with Crippen LogP contribution >= 0.6 is 0 Å². The number of urea groups is 1. The topological polar surface area (TPSA) is 80.3 Å². The number of amides is 2. The molecule has 1 unspecified atom stereocenters. The first-order valence-electron chi connectivity index (χ1n) is 10.3. The van der Waals surface area contributed by atoms with Crippen molar-refractivity contribution in [3.63, 3.8) is 0 Å². The standard InChI is InChI=1S/C21H29N5O4/c1-24(21(27)25-7-9-30-10-8-25)15-5-4-6-26(13-15)20-16-11-18(28-2)19(29-3)12-17(16)22-14-23-20/h11-12,14-15H,4-10,13H2,1-3H3. The number of morpholine rings is 1. The zero-order chi connectivity index (χ0) is 21.1. The molecule has 2 amide bonds. The van der Waals surface area contributed by atoms with Crippen LogP contribution in [0.15, 0.2) is 18.5 Å². The lowest BCUT2D eigenvalue weighted by atomic mass is 10.0. The Morgan fingerprint density at radius 1 is 1.13 bits per heavy atom. The van der Waals surface area contributed by atoms with E-state index in [1.54, 1.807) is 20.5 Å². The Bertz CT molecular complexity index is 902. The number of carbonyl (C=O) groups excluding carboxylic acids is 1. The number of piperidine rings is 1. The Balaban J connectivity index is 1.57. The molecule has 2 saturated heterocycles. The minimum absolute atomic E-state index is 0.0732. The van der Waals surface area contributed by atoms with Crippen LogP contribution in [0.5, 0.6) is 11.5 Å². The van der Waals surface area contributed by atoms with Gasteiger partial charge in [-0.25, -0.2) is 14.8 Å². The lowest BCUT2D eigenvalue weighted by Crippen LogP contribution is -2.54. The van der Waals surface area contributed by atoms with Crippen molar-refractivity contribution in [2.24, 2.45) is 0 Å². The maximum Gasteiger partial charge on any atom is 0.320 e. The Kier molecular flexibility index (Phi) is 6.08. The number of nitrogens with zero attached hydrogens (tertiary/aromatic N) is 5. The van der Waals surface area contributed by atoms with Crippen LogP contribution in [-0.4, -0.2) is 92.5 Å². The number of fused-ring (bicyclic) bond motifs is 1. The maximum absolute atomic E-state index is 12.9. The van der Waals surface area contributed by atoms with Crippen molar-refractivity contribution >= 4 is 22.8 Å². The third-order valence-corrected chi connectivity index (χ3v) is 5.95. The Morgan fingerprint density at radius 2 is 1.87 bits per heavy atom. The molecule has 0 aliphatic carbocycles. The van der Waals surface area contributed by atoms with Gasteiger partial charge in [0.1, 0.15) is 12.1 Å². The van der Waals surface area contributed by atoms with Crippen LogP contribution in [0.2, 0.25) is 0 Å². The van der Waals surface area contributed by atoms with Crippen molar-refractivity contribution in [2.45, 2.75) is 18.9 Å². The van der Waals surface area contributed by atoms with Gasteiger partial charge in [0, 0.05) is 44.7 Å². The number of methoxy groups -OCH3 is 2. The predicted octanol–water partition coefficient (Wildman–Crippen LogP) is 2.00. The van der Waals surface area contributed by atoms with Crippen LogP contribution in [0.3, 0.4) is 0 Å². The molecular weight excluding hydrogens is 386 g/mol. The highest BCUT2D eigenvalue weighted by Crippen LogP contribution is 2.35. The molecule has 2 aliphatic rings. The minimum Gasteiger partial charge on any atom is -0.493 e. The van der Waals surface area contributed by atoms with E-state index >= 15 is 0 Å². The van der Waals surface area contributed by atoms with Gasteiger partial charge in [-0.1, -0.05) is 0 Å². The van der Waals surface area contributed by atoms with E-state index in [1.807, 2.05) is 29.0 Å². The quantitative estimate of drug-likeness (QED) is 0.756. The van der Waals surface area contributed by atoms with Crippen LogP contribution in [0, 0.1) is 0 Å². The smallest absolute Gasteiger partial charge is 0.320 e. The predicted molar refractivity (Wildman–Crippen MR) is 113 cm³/mol. The van der Waals surface area contributed by atoms with Crippen LogP contribution < -0.4 is 14.4 Å². The largest absolute Gasteiger partial charge is 0.493 e. The zero-order valence-electron chi connectivity index (χ0n) is 17.8. The molecule has 2 aliphatic heterocycles. The van der Waals surface area contributed by atoms with E-state index in [0.717, 1.165) is 42.7 Å². The second-order valence-corrected chi connectivity index (χ2v) is 7.66. The van der Waals surface area contributed by atoms with Gasteiger partial charge in [0.15, 0.2) is 11.5 Å². The molecule has 0 spiro atoms. The molecular formula is C21H29N5O4. The summed E-state index contributed by atoms with van der Waals surface area (Å²) in [5, 5.41) is 0.915. The number of benzene rings is 1. The molecule has 2 fully saturated rings. The fourth-order valence-electron chi connectivity index (χ4n) is 4.22. The first kappa shape index (κ1) is 20.5. The SMILES string of the molecule is COc1cc2ncnc(N3CCCC(N(C)C(=O)N4CCOCC4)C3)c2cc1OC. The number of carbonyl (C=O) groups is 1. The van der Waals surface area contributed by atoms with E-state index < -0.39 is 0 Å². The van der Waals surface area contributed by atoms with E-state index in [1.165, 1.54) is 0 Å². The molecule has 1 aromatic carbocycles. The molecule has 0 N–H and O–H groups in total. The fourth-order valence-corrected chi connectivity index (χ4v) is 4.22. The number of anilines is 1. The molecule has 0 bridgehead atoms. The summed E-state index contributed by atoms with van der Waals surface area (Å²) in [6.07, 6.45) is 3.54. The summed E-state index contributed by atoms with van der Waals surface area (Å²) < 4.78 is 16.3. The van der Waals surface area contributed by atoms with Gasteiger partial charge in [-0.3, -0.25) is 0 Å². The number of rotatable bonds is 4. The van der Waals surface area contributed by atoms with Crippen LogP contribution in [0.4, 0.5) is 10.6 Å². The van der Waals surface area contributed by atoms with Crippen molar-refractivity contribution in [2.75, 3.05) is 65.6 Å². The highest BCUT2D eigenvalue weighted by Gasteiger charge is 2.30. The molecule has 0 radical (unpaired) electrons. The monoisotopic (exact) mass is 415 g/mol. The molecule has 0 saturated carbocycles. The average Bonchev–Trinajstić information content (AvgIpc) is 2.82. The van der Waals surface area contributed by atoms with Gasteiger partial charge >= 0.3 is 6.03 Å². The number of ether oxygens (including phenoxy) is 3. The summed E-state index contributed by atoms with van der Waals surface area (Å²) >= 11 is 0. The molecule has 30 heavy (non-hydrogen) atoms. The third kappa shape index (κ3) is 3.94. The number of hydrogen-bond acceptors (Lipinski definition) is 7. The summed E-state index contributed by atoms with van der Waals surface area (Å²) in [6.45, 7) is 4.13. The van der Waals surface area contributed by atoms with Crippen molar-refractivity contribution in [1.82, 2.24) is 19.8 Å². The highest BCUT2D eigenvalue weighted by molar-refractivity contribution is 5.92. The second kappa shape index (κ2) is 8.91. The summed E-state index contributed by atoms with van der Waals surface area (Å²) in [5.41, 5.74) is 0.803. The first-order chi connectivity index (χ1) is 14.6. The Morgan fingerprint density at radius 3 is 2.60 bits per heavy atom. The summed E-state index contributed by atoms with van der Waals surface area (Å²) in [4.78, 5) is 27.9. The Hall–Kier alpha value is -2.81. The molecule has 162 valence electrons. The fraction of sp³-hybridized carbons (Fsp3) is 0.571. The average molecular weight is 415 g/mol. The first-order valence-corrected chi connectivity index (χ1v) is 10.3. The minimum atomic E-state index is 0.0732. The van der Waals surface area contributed by atoms with Crippen LogP contribution in [0.1, 0.15) is 12.8 Å². The van der Waals surface area contributed by atoms with Crippen molar-refractivity contribution < 1.29 is 19.0 Å². The van der Waals surface area contributed by atoms with Gasteiger partial charge in [-0.05, 0) is 18.9 Å². The molecule has 4 rings (SSSR count). The van der Waals surface area contributed by atoms with Gasteiger partial charge in [-0.2, -0.15) is 0 Å². The van der Waals surface area contributed by atoms with Crippen LogP contribution in [-0.2, 0) is 4.74 Å². The van der Waals surface area contributed by atoms with E-state index in [9.17, 15) is 4.79 Å². The molecule has 1 aromatic heterocycles. The summed E-state index contributed by atoms with van der Waals surface area (Å²) in [5.74, 6) is 2.15. The lowest BCUT2D eigenvalue weighted by molar-refractivity contribution is 0.0414.